The molecule has 3 amide bonds. The molecule has 132 valence electrons. The third kappa shape index (κ3) is 2.92. The molecule has 0 spiro atoms. The number of urea groups is 1. The molecule has 0 saturated heterocycles. The van der Waals surface area contributed by atoms with Crippen LogP contribution in [-0.4, -0.2) is 23.4 Å². The maximum Gasteiger partial charge on any atom is 0.319 e. The van der Waals surface area contributed by atoms with Crippen molar-refractivity contribution in [3.05, 3.63) is 82.6 Å². The van der Waals surface area contributed by atoms with E-state index in [1.54, 1.807) is 29.2 Å². The number of halogens is 2. The number of rotatable bonds is 3. The van der Waals surface area contributed by atoms with E-state index in [1.807, 2.05) is 0 Å². The van der Waals surface area contributed by atoms with Gasteiger partial charge in [0.15, 0.2) is 0 Å². The highest BCUT2D eigenvalue weighted by Crippen LogP contribution is 2.33. The van der Waals surface area contributed by atoms with Gasteiger partial charge in [-0.05, 0) is 35.4 Å². The van der Waals surface area contributed by atoms with Crippen LogP contribution in [0.15, 0.2) is 59.8 Å². The van der Waals surface area contributed by atoms with Crippen LogP contribution in [0.1, 0.15) is 17.2 Å². The summed E-state index contributed by atoms with van der Waals surface area (Å²) in [5.74, 6) is -0.947. The Balaban J connectivity index is 1.61. The van der Waals surface area contributed by atoms with Gasteiger partial charge in [0.1, 0.15) is 11.6 Å². The zero-order valence-electron chi connectivity index (χ0n) is 13.6. The molecule has 2 aromatic carbocycles. The van der Waals surface area contributed by atoms with E-state index in [9.17, 15) is 18.4 Å². The molecular formula is C19H15F2N3O2. The second-order valence-electron chi connectivity index (χ2n) is 6.26. The molecule has 4 rings (SSSR count). The molecule has 2 aliphatic rings. The molecule has 2 aliphatic heterocycles. The summed E-state index contributed by atoms with van der Waals surface area (Å²) in [6.07, 6.45) is 0. The fourth-order valence-electron chi connectivity index (χ4n) is 3.27. The summed E-state index contributed by atoms with van der Waals surface area (Å²) in [7, 11) is 0. The van der Waals surface area contributed by atoms with Crippen LogP contribution in [0, 0.1) is 11.6 Å². The quantitative estimate of drug-likeness (QED) is 0.889. The molecule has 0 fully saturated rings. The van der Waals surface area contributed by atoms with Crippen molar-refractivity contribution < 1.29 is 18.4 Å². The topological polar surface area (TPSA) is 61.4 Å². The number of nitrogens with one attached hydrogen (secondary N) is 2. The largest absolute Gasteiger partial charge is 0.329 e. The molecule has 0 radical (unpaired) electrons. The van der Waals surface area contributed by atoms with Gasteiger partial charge in [0.2, 0.25) is 0 Å². The van der Waals surface area contributed by atoms with Crippen LogP contribution in [0.2, 0.25) is 0 Å². The zero-order valence-corrected chi connectivity index (χ0v) is 13.6. The van der Waals surface area contributed by atoms with Gasteiger partial charge in [-0.2, -0.15) is 0 Å². The third-order valence-electron chi connectivity index (χ3n) is 4.51. The van der Waals surface area contributed by atoms with Gasteiger partial charge in [0, 0.05) is 6.54 Å². The highest BCUT2D eigenvalue weighted by atomic mass is 19.1. The number of hydrogen-bond acceptors (Lipinski definition) is 2. The fourth-order valence-corrected chi connectivity index (χ4v) is 3.27. The molecule has 5 nitrogen and oxygen atoms in total. The van der Waals surface area contributed by atoms with Crippen molar-refractivity contribution in [2.75, 3.05) is 6.54 Å². The Kier molecular flexibility index (Phi) is 3.91. The van der Waals surface area contributed by atoms with E-state index >= 15 is 0 Å². The van der Waals surface area contributed by atoms with E-state index in [4.69, 9.17) is 0 Å². The Bertz CT molecular complexity index is 907. The SMILES string of the molecule is O=C1NC2=C(C(=O)N(Cc3ccc(F)cc3)C2)[C@@H](c2ccc(F)cc2)N1. The van der Waals surface area contributed by atoms with E-state index in [0.29, 0.717) is 23.4 Å². The normalized spacial score (nSPS) is 19.3. The van der Waals surface area contributed by atoms with E-state index in [2.05, 4.69) is 10.6 Å². The molecule has 0 aromatic heterocycles. The second-order valence-corrected chi connectivity index (χ2v) is 6.26. The first kappa shape index (κ1) is 16.3. The van der Waals surface area contributed by atoms with Crippen molar-refractivity contribution in [1.82, 2.24) is 15.5 Å². The van der Waals surface area contributed by atoms with Crippen LogP contribution < -0.4 is 10.6 Å². The van der Waals surface area contributed by atoms with Crippen LogP contribution >= 0.6 is 0 Å². The highest BCUT2D eigenvalue weighted by Gasteiger charge is 2.40. The van der Waals surface area contributed by atoms with E-state index in [1.165, 1.54) is 24.3 Å². The zero-order chi connectivity index (χ0) is 18.3. The van der Waals surface area contributed by atoms with E-state index in [-0.39, 0.29) is 24.1 Å². The van der Waals surface area contributed by atoms with Crippen molar-refractivity contribution in [2.24, 2.45) is 0 Å². The van der Waals surface area contributed by atoms with Crippen molar-refractivity contribution in [3.8, 4) is 0 Å². The van der Waals surface area contributed by atoms with Gasteiger partial charge in [-0.25, -0.2) is 13.6 Å². The summed E-state index contributed by atoms with van der Waals surface area (Å²) in [6, 6.07) is 10.6. The Morgan fingerprint density at radius 3 is 2.23 bits per heavy atom. The lowest BCUT2D eigenvalue weighted by Crippen LogP contribution is -2.44. The predicted octanol–water partition coefficient (Wildman–Crippen LogP) is 2.62. The van der Waals surface area contributed by atoms with E-state index < -0.39 is 12.1 Å². The van der Waals surface area contributed by atoms with Crippen LogP contribution in [0.5, 0.6) is 0 Å². The summed E-state index contributed by atoms with van der Waals surface area (Å²) in [4.78, 5) is 26.4. The minimum atomic E-state index is -0.634. The maximum absolute atomic E-state index is 13.2. The highest BCUT2D eigenvalue weighted by molar-refractivity contribution is 6.01. The van der Waals surface area contributed by atoms with Gasteiger partial charge in [0.05, 0.1) is 23.9 Å². The molecule has 0 saturated carbocycles. The minimum Gasteiger partial charge on any atom is -0.329 e. The Morgan fingerprint density at radius 1 is 0.962 bits per heavy atom. The van der Waals surface area contributed by atoms with Crippen molar-refractivity contribution in [3.63, 3.8) is 0 Å². The number of benzene rings is 2. The monoisotopic (exact) mass is 355 g/mol. The van der Waals surface area contributed by atoms with Crippen LogP contribution in [-0.2, 0) is 11.3 Å². The van der Waals surface area contributed by atoms with Crippen molar-refractivity contribution in [2.45, 2.75) is 12.6 Å². The number of amides is 3. The summed E-state index contributed by atoms with van der Waals surface area (Å²) in [6.45, 7) is 0.564. The standard InChI is InChI=1S/C19H15F2N3O2/c20-13-5-1-11(2-6-13)9-24-10-15-16(18(24)25)17(23-19(26)22-15)12-3-7-14(21)8-4-12/h1-8,17H,9-10H2,(H2,22,23,26)/t17-/m1/s1. The maximum atomic E-state index is 13.2. The van der Waals surface area contributed by atoms with Crippen molar-refractivity contribution >= 4 is 11.9 Å². The van der Waals surface area contributed by atoms with Crippen LogP contribution in [0.3, 0.4) is 0 Å². The summed E-state index contributed by atoms with van der Waals surface area (Å²) in [5, 5.41) is 5.40. The molecule has 2 heterocycles. The molecule has 7 heteroatoms. The predicted molar refractivity (Wildman–Crippen MR) is 89.7 cm³/mol. The number of carbonyl (C=O) groups is 2. The summed E-state index contributed by atoms with van der Waals surface area (Å²) in [5.41, 5.74) is 2.40. The van der Waals surface area contributed by atoms with Crippen molar-refractivity contribution in [1.29, 1.82) is 0 Å². The molecular weight excluding hydrogens is 340 g/mol. The van der Waals surface area contributed by atoms with E-state index in [0.717, 1.165) is 5.56 Å². The number of carbonyl (C=O) groups excluding carboxylic acids is 2. The van der Waals surface area contributed by atoms with Gasteiger partial charge in [-0.1, -0.05) is 24.3 Å². The molecule has 0 aliphatic carbocycles. The fraction of sp³-hybridized carbons (Fsp3) is 0.158. The van der Waals surface area contributed by atoms with Gasteiger partial charge >= 0.3 is 6.03 Å². The lowest BCUT2D eigenvalue weighted by Gasteiger charge is -2.25. The smallest absolute Gasteiger partial charge is 0.319 e. The van der Waals surface area contributed by atoms with Gasteiger partial charge < -0.3 is 15.5 Å². The second kappa shape index (κ2) is 6.25. The van der Waals surface area contributed by atoms with Crippen LogP contribution in [0.4, 0.5) is 13.6 Å². The van der Waals surface area contributed by atoms with Gasteiger partial charge in [0.25, 0.3) is 5.91 Å². The molecule has 0 unspecified atom stereocenters. The van der Waals surface area contributed by atoms with Gasteiger partial charge in [-0.3, -0.25) is 4.79 Å². The molecule has 26 heavy (non-hydrogen) atoms. The average Bonchev–Trinajstić information content (AvgIpc) is 2.92. The Morgan fingerprint density at radius 2 is 1.58 bits per heavy atom. The van der Waals surface area contributed by atoms with Crippen LogP contribution in [0.25, 0.3) is 0 Å². The first-order valence-electron chi connectivity index (χ1n) is 8.11. The third-order valence-corrected chi connectivity index (χ3v) is 4.51. The summed E-state index contributed by atoms with van der Waals surface area (Å²) >= 11 is 0. The Labute approximate surface area is 148 Å². The average molecular weight is 355 g/mol. The molecule has 2 N–H and O–H groups in total. The summed E-state index contributed by atoms with van der Waals surface area (Å²) < 4.78 is 26.3. The number of hydrogen-bond donors (Lipinski definition) is 2. The molecule has 1 atom stereocenters. The lowest BCUT2D eigenvalue weighted by molar-refractivity contribution is -0.126. The molecule has 2 aromatic rings. The minimum absolute atomic E-state index is 0.217. The molecule has 0 bridgehead atoms. The Hall–Kier alpha value is -3.22. The first-order chi connectivity index (χ1) is 12.5. The van der Waals surface area contributed by atoms with Gasteiger partial charge in [-0.15, -0.1) is 0 Å². The lowest BCUT2D eigenvalue weighted by atomic mass is 9.96. The number of nitrogens with zero attached hydrogens (tertiary/aromatic N) is 1. The first-order valence-corrected chi connectivity index (χ1v) is 8.11.